The fourth-order valence-electron chi connectivity index (χ4n) is 4.39. The van der Waals surface area contributed by atoms with E-state index in [0.29, 0.717) is 34.9 Å². The Labute approximate surface area is 281 Å². The molecule has 240 valence electrons. The maximum absolute atomic E-state index is 13.4. The van der Waals surface area contributed by atoms with E-state index >= 15 is 0 Å². The van der Waals surface area contributed by atoms with Crippen LogP contribution in [0.5, 0.6) is 5.75 Å². The fraction of sp³-hybridized carbons (Fsp3) is 0.0526. The summed E-state index contributed by atoms with van der Waals surface area (Å²) in [4.78, 5) is 50.6. The number of carbonyl (C=O) groups excluding carboxylic acids is 3. The molecule has 5 aromatic rings. The molecule has 9 nitrogen and oxygen atoms in total. The Morgan fingerprint density at radius 3 is 1.92 bits per heavy atom. The van der Waals surface area contributed by atoms with E-state index < -0.39 is 17.8 Å². The van der Waals surface area contributed by atoms with Crippen molar-refractivity contribution in [3.05, 3.63) is 161 Å². The number of thioether (sulfide) groups is 1. The summed E-state index contributed by atoms with van der Waals surface area (Å²) in [5, 5.41) is 17.3. The van der Waals surface area contributed by atoms with Crippen LogP contribution in [-0.2, 0) is 16.2 Å². The SMILES string of the molecule is O=C(CSc1ccc(NC(=O)/C(=C/c2ccc(OCc3ccccc3)cc2)NC(=O)c2ccccc2)cc1)Nc1ccc(C(=O)O)cc1. The van der Waals surface area contributed by atoms with E-state index in [1.807, 2.05) is 30.3 Å². The summed E-state index contributed by atoms with van der Waals surface area (Å²) in [6, 6.07) is 38.5. The molecule has 48 heavy (non-hydrogen) atoms. The Morgan fingerprint density at radius 1 is 0.667 bits per heavy atom. The summed E-state index contributed by atoms with van der Waals surface area (Å²) >= 11 is 1.30. The number of ether oxygens (including phenoxy) is 1. The van der Waals surface area contributed by atoms with Gasteiger partial charge in [-0.25, -0.2) is 4.79 Å². The molecule has 3 amide bonds. The lowest BCUT2D eigenvalue weighted by Crippen LogP contribution is -2.30. The minimum atomic E-state index is -1.04. The molecule has 0 unspecified atom stereocenters. The zero-order chi connectivity index (χ0) is 33.7. The molecule has 0 saturated carbocycles. The van der Waals surface area contributed by atoms with Gasteiger partial charge in [0.15, 0.2) is 0 Å². The average molecular weight is 658 g/mol. The van der Waals surface area contributed by atoms with Crippen molar-refractivity contribution in [3.8, 4) is 5.75 Å². The standard InChI is InChI=1S/C38H31N3O6S/c42-35(39-30-15-13-29(14-16-30)38(45)46)25-48-33-21-17-31(18-22-33)40-37(44)34(41-36(43)28-9-5-2-6-10-28)23-26-11-19-32(20-12-26)47-24-27-7-3-1-4-8-27/h1-23H,24-25H2,(H,39,42)(H,40,44)(H,41,43)(H,45,46)/b34-23-. The van der Waals surface area contributed by atoms with Gasteiger partial charge < -0.3 is 25.8 Å². The van der Waals surface area contributed by atoms with Crippen molar-refractivity contribution >= 4 is 52.9 Å². The molecule has 5 aromatic carbocycles. The largest absolute Gasteiger partial charge is 0.489 e. The van der Waals surface area contributed by atoms with Gasteiger partial charge in [0.2, 0.25) is 5.91 Å². The predicted molar refractivity (Wildman–Crippen MR) is 187 cm³/mol. The highest BCUT2D eigenvalue weighted by molar-refractivity contribution is 8.00. The Bertz CT molecular complexity index is 1900. The topological polar surface area (TPSA) is 134 Å². The number of benzene rings is 5. The lowest BCUT2D eigenvalue weighted by molar-refractivity contribution is -0.114. The second kappa shape index (κ2) is 16.4. The maximum Gasteiger partial charge on any atom is 0.335 e. The highest BCUT2D eigenvalue weighted by Gasteiger charge is 2.15. The number of rotatable bonds is 13. The highest BCUT2D eigenvalue weighted by atomic mass is 32.2. The molecule has 0 fully saturated rings. The minimum absolute atomic E-state index is 0.0494. The van der Waals surface area contributed by atoms with Gasteiger partial charge in [-0.1, -0.05) is 60.7 Å². The third kappa shape index (κ3) is 9.93. The first-order chi connectivity index (χ1) is 23.3. The summed E-state index contributed by atoms with van der Waals surface area (Å²) in [6.45, 7) is 0.422. The van der Waals surface area contributed by atoms with Gasteiger partial charge in [-0.15, -0.1) is 11.8 Å². The van der Waals surface area contributed by atoms with Gasteiger partial charge >= 0.3 is 5.97 Å². The molecular weight excluding hydrogens is 627 g/mol. The minimum Gasteiger partial charge on any atom is -0.489 e. The van der Waals surface area contributed by atoms with E-state index in [0.717, 1.165) is 10.5 Å². The second-order valence-corrected chi connectivity index (χ2v) is 11.5. The van der Waals surface area contributed by atoms with Gasteiger partial charge in [-0.05, 0) is 90.0 Å². The highest BCUT2D eigenvalue weighted by Crippen LogP contribution is 2.22. The van der Waals surface area contributed by atoms with Crippen molar-refractivity contribution in [1.82, 2.24) is 5.32 Å². The number of carboxylic acids is 1. The molecule has 0 heterocycles. The Morgan fingerprint density at radius 2 is 1.27 bits per heavy atom. The smallest absolute Gasteiger partial charge is 0.335 e. The molecular formula is C38H31N3O6S. The van der Waals surface area contributed by atoms with Crippen LogP contribution in [-0.4, -0.2) is 34.6 Å². The number of carboxylic acid groups (broad SMARTS) is 1. The van der Waals surface area contributed by atoms with E-state index in [9.17, 15) is 19.2 Å². The van der Waals surface area contributed by atoms with Crippen molar-refractivity contribution in [3.63, 3.8) is 0 Å². The van der Waals surface area contributed by atoms with Crippen LogP contribution in [0, 0.1) is 0 Å². The van der Waals surface area contributed by atoms with Crippen LogP contribution < -0.4 is 20.7 Å². The van der Waals surface area contributed by atoms with Crippen LogP contribution in [0.2, 0.25) is 0 Å². The lowest BCUT2D eigenvalue weighted by atomic mass is 10.1. The van der Waals surface area contributed by atoms with Crippen molar-refractivity contribution in [2.24, 2.45) is 0 Å². The average Bonchev–Trinajstić information content (AvgIpc) is 3.11. The van der Waals surface area contributed by atoms with E-state index in [1.165, 1.54) is 36.0 Å². The van der Waals surface area contributed by atoms with Gasteiger partial charge in [0, 0.05) is 21.8 Å². The molecule has 0 saturated heterocycles. The second-order valence-electron chi connectivity index (χ2n) is 10.4. The third-order valence-electron chi connectivity index (χ3n) is 6.87. The molecule has 0 aliphatic heterocycles. The fourth-order valence-corrected chi connectivity index (χ4v) is 5.08. The Balaban J connectivity index is 1.21. The van der Waals surface area contributed by atoms with Gasteiger partial charge in [0.25, 0.3) is 11.8 Å². The van der Waals surface area contributed by atoms with Crippen LogP contribution >= 0.6 is 11.8 Å². The number of hydrogen-bond donors (Lipinski definition) is 4. The number of amides is 3. The lowest BCUT2D eigenvalue weighted by Gasteiger charge is -2.12. The van der Waals surface area contributed by atoms with Crippen molar-refractivity contribution in [2.75, 3.05) is 16.4 Å². The number of nitrogens with one attached hydrogen (secondary N) is 3. The summed E-state index contributed by atoms with van der Waals surface area (Å²) in [7, 11) is 0. The summed E-state index contributed by atoms with van der Waals surface area (Å²) in [5.74, 6) is -1.44. The molecule has 0 spiro atoms. The van der Waals surface area contributed by atoms with Gasteiger partial charge in [0.05, 0.1) is 11.3 Å². The van der Waals surface area contributed by atoms with E-state index in [2.05, 4.69) is 16.0 Å². The van der Waals surface area contributed by atoms with Crippen molar-refractivity contribution in [1.29, 1.82) is 0 Å². The third-order valence-corrected chi connectivity index (χ3v) is 7.88. The molecule has 10 heteroatoms. The van der Waals surface area contributed by atoms with Gasteiger partial charge in [-0.2, -0.15) is 0 Å². The Kier molecular flexibility index (Phi) is 11.4. The maximum atomic E-state index is 13.4. The van der Waals surface area contributed by atoms with E-state index in [-0.39, 0.29) is 22.9 Å². The first-order valence-corrected chi connectivity index (χ1v) is 15.8. The Hall–Kier alpha value is -6.13. The van der Waals surface area contributed by atoms with Crippen molar-refractivity contribution in [2.45, 2.75) is 11.5 Å². The summed E-state index contributed by atoms with van der Waals surface area (Å²) in [6.07, 6.45) is 1.59. The van der Waals surface area contributed by atoms with E-state index in [1.54, 1.807) is 84.9 Å². The first-order valence-electron chi connectivity index (χ1n) is 14.8. The van der Waals surface area contributed by atoms with Gasteiger partial charge in [0.1, 0.15) is 18.1 Å². The van der Waals surface area contributed by atoms with Crippen LogP contribution in [0.25, 0.3) is 6.08 Å². The molecule has 0 radical (unpaired) electrons. The molecule has 5 rings (SSSR count). The number of anilines is 2. The zero-order valence-corrected chi connectivity index (χ0v) is 26.4. The van der Waals surface area contributed by atoms with Gasteiger partial charge in [-0.3, -0.25) is 14.4 Å². The van der Waals surface area contributed by atoms with E-state index in [4.69, 9.17) is 9.84 Å². The molecule has 4 N–H and O–H groups in total. The number of hydrogen-bond acceptors (Lipinski definition) is 6. The first kappa shape index (κ1) is 33.2. The van der Waals surface area contributed by atoms with Crippen LogP contribution in [0.4, 0.5) is 11.4 Å². The zero-order valence-electron chi connectivity index (χ0n) is 25.6. The predicted octanol–water partition coefficient (Wildman–Crippen LogP) is 7.10. The monoisotopic (exact) mass is 657 g/mol. The molecule has 0 bridgehead atoms. The molecule has 0 aliphatic carbocycles. The van der Waals surface area contributed by atoms with Crippen LogP contribution in [0.1, 0.15) is 31.8 Å². The summed E-state index contributed by atoms with van der Waals surface area (Å²) < 4.78 is 5.87. The summed E-state index contributed by atoms with van der Waals surface area (Å²) in [5.41, 5.74) is 3.31. The quantitative estimate of drug-likeness (QED) is 0.0784. The number of carbonyl (C=O) groups is 4. The van der Waals surface area contributed by atoms with Crippen molar-refractivity contribution < 1.29 is 29.0 Å². The molecule has 0 atom stereocenters. The molecule has 0 aliphatic rings. The molecule has 0 aromatic heterocycles. The normalized spacial score (nSPS) is 10.9. The van der Waals surface area contributed by atoms with Crippen LogP contribution in [0.3, 0.4) is 0 Å². The van der Waals surface area contributed by atoms with Crippen LogP contribution in [0.15, 0.2) is 144 Å². The number of aromatic carboxylic acids is 1.